The first-order valence-electron chi connectivity index (χ1n) is 3.45. The number of rotatable bonds is 1. The molecule has 12 heavy (non-hydrogen) atoms. The van der Waals surface area contributed by atoms with E-state index in [9.17, 15) is 4.79 Å². The van der Waals surface area contributed by atoms with Crippen LogP contribution in [0, 0.1) is 6.92 Å². The van der Waals surface area contributed by atoms with E-state index in [1.807, 2.05) is 17.7 Å². The molecule has 2 rings (SSSR count). The number of aromatic amines is 2. The van der Waals surface area contributed by atoms with E-state index in [4.69, 9.17) is 0 Å². The van der Waals surface area contributed by atoms with E-state index in [0.717, 1.165) is 11.1 Å². The van der Waals surface area contributed by atoms with Crippen LogP contribution in [0.25, 0.3) is 11.4 Å². The molecule has 0 unspecified atom stereocenters. The summed E-state index contributed by atoms with van der Waals surface area (Å²) in [5, 5.41) is 10.1. The van der Waals surface area contributed by atoms with Crippen molar-refractivity contribution in [3.05, 3.63) is 26.8 Å². The maximum atomic E-state index is 10.7. The molecule has 2 N–H and O–H groups in total. The second-order valence-corrected chi connectivity index (χ2v) is 3.24. The lowest BCUT2D eigenvalue weighted by Crippen LogP contribution is -2.00. The molecule has 0 saturated heterocycles. The number of hydrogen-bond acceptors (Lipinski definition) is 3. The van der Waals surface area contributed by atoms with Crippen molar-refractivity contribution in [2.75, 3.05) is 0 Å². The SMILES string of the molecule is Cc1cscc1-c1n[nH]c(=O)[nH]1. The van der Waals surface area contributed by atoms with Gasteiger partial charge < -0.3 is 0 Å². The summed E-state index contributed by atoms with van der Waals surface area (Å²) in [4.78, 5) is 13.3. The zero-order valence-corrected chi connectivity index (χ0v) is 7.23. The van der Waals surface area contributed by atoms with Gasteiger partial charge in [-0.15, -0.1) is 0 Å². The summed E-state index contributed by atoms with van der Waals surface area (Å²) < 4.78 is 0. The maximum absolute atomic E-state index is 10.7. The van der Waals surface area contributed by atoms with Crippen molar-refractivity contribution in [2.24, 2.45) is 0 Å². The van der Waals surface area contributed by atoms with Gasteiger partial charge in [-0.05, 0) is 17.9 Å². The minimum absolute atomic E-state index is 0.268. The molecule has 0 fully saturated rings. The van der Waals surface area contributed by atoms with E-state index >= 15 is 0 Å². The van der Waals surface area contributed by atoms with Gasteiger partial charge in [0.1, 0.15) is 0 Å². The maximum Gasteiger partial charge on any atom is 0.340 e. The molecular weight excluding hydrogens is 174 g/mol. The average molecular weight is 181 g/mol. The monoisotopic (exact) mass is 181 g/mol. The van der Waals surface area contributed by atoms with Crippen molar-refractivity contribution in [3.8, 4) is 11.4 Å². The molecular formula is C7H7N3OS. The molecule has 0 saturated carbocycles. The van der Waals surface area contributed by atoms with Crippen LogP contribution in [0.1, 0.15) is 5.56 Å². The summed E-state index contributed by atoms with van der Waals surface area (Å²) in [7, 11) is 0. The lowest BCUT2D eigenvalue weighted by Gasteiger charge is -1.90. The minimum atomic E-state index is -0.268. The van der Waals surface area contributed by atoms with Gasteiger partial charge in [-0.25, -0.2) is 9.89 Å². The van der Waals surface area contributed by atoms with Gasteiger partial charge in [0.25, 0.3) is 0 Å². The highest BCUT2D eigenvalue weighted by atomic mass is 32.1. The molecule has 0 aliphatic rings. The Kier molecular flexibility index (Phi) is 1.58. The highest BCUT2D eigenvalue weighted by Gasteiger charge is 2.05. The summed E-state index contributed by atoms with van der Waals surface area (Å²) in [6, 6.07) is 0. The molecule has 2 heterocycles. The highest BCUT2D eigenvalue weighted by Crippen LogP contribution is 2.21. The minimum Gasteiger partial charge on any atom is -0.289 e. The fourth-order valence-corrected chi connectivity index (χ4v) is 1.83. The number of nitrogens with one attached hydrogen (secondary N) is 2. The van der Waals surface area contributed by atoms with Crippen molar-refractivity contribution in [1.82, 2.24) is 15.2 Å². The van der Waals surface area contributed by atoms with Crippen molar-refractivity contribution in [1.29, 1.82) is 0 Å². The molecule has 0 aliphatic carbocycles. The normalized spacial score (nSPS) is 10.4. The molecule has 2 aromatic heterocycles. The largest absolute Gasteiger partial charge is 0.340 e. The van der Waals surface area contributed by atoms with Crippen LogP contribution in [0.5, 0.6) is 0 Å². The van der Waals surface area contributed by atoms with Crippen molar-refractivity contribution in [3.63, 3.8) is 0 Å². The van der Waals surface area contributed by atoms with Gasteiger partial charge in [-0.1, -0.05) is 0 Å². The zero-order chi connectivity index (χ0) is 8.55. The third-order valence-electron chi connectivity index (χ3n) is 1.61. The molecule has 2 aromatic rings. The van der Waals surface area contributed by atoms with Crippen LogP contribution in [-0.4, -0.2) is 15.2 Å². The van der Waals surface area contributed by atoms with Crippen LogP contribution < -0.4 is 5.69 Å². The summed E-state index contributed by atoms with van der Waals surface area (Å²) in [6.45, 7) is 1.98. The lowest BCUT2D eigenvalue weighted by molar-refractivity contribution is 1.05. The average Bonchev–Trinajstić information content (AvgIpc) is 2.58. The van der Waals surface area contributed by atoms with E-state index in [-0.39, 0.29) is 5.69 Å². The Morgan fingerprint density at radius 3 is 2.83 bits per heavy atom. The molecule has 0 atom stereocenters. The summed E-state index contributed by atoms with van der Waals surface area (Å²) >= 11 is 1.59. The Hall–Kier alpha value is -1.36. The second kappa shape index (κ2) is 2.60. The van der Waals surface area contributed by atoms with Gasteiger partial charge in [-0.3, -0.25) is 4.98 Å². The van der Waals surface area contributed by atoms with Gasteiger partial charge in [0.15, 0.2) is 5.82 Å². The molecule has 5 heteroatoms. The topological polar surface area (TPSA) is 61.5 Å². The third kappa shape index (κ3) is 1.08. The number of nitrogens with zero attached hydrogens (tertiary/aromatic N) is 1. The summed E-state index contributed by atoms with van der Waals surface area (Å²) in [5.74, 6) is 0.610. The first-order valence-corrected chi connectivity index (χ1v) is 4.39. The fourth-order valence-electron chi connectivity index (χ4n) is 1.00. The summed E-state index contributed by atoms with van der Waals surface area (Å²) in [5.41, 5.74) is 1.84. The number of H-pyrrole nitrogens is 2. The molecule has 0 aromatic carbocycles. The molecule has 0 aliphatic heterocycles. The van der Waals surface area contributed by atoms with Crippen LogP contribution >= 0.6 is 11.3 Å². The molecule has 0 radical (unpaired) electrons. The first-order chi connectivity index (χ1) is 5.77. The number of thiophene rings is 1. The van der Waals surface area contributed by atoms with E-state index in [2.05, 4.69) is 15.2 Å². The molecule has 0 bridgehead atoms. The van der Waals surface area contributed by atoms with Crippen molar-refractivity contribution in [2.45, 2.75) is 6.92 Å². The Bertz CT molecular complexity index is 439. The molecule has 0 amide bonds. The van der Waals surface area contributed by atoms with Crippen molar-refractivity contribution >= 4 is 11.3 Å². The number of aryl methyl sites for hydroxylation is 1. The smallest absolute Gasteiger partial charge is 0.289 e. The van der Waals surface area contributed by atoms with Crippen LogP contribution in [0.15, 0.2) is 15.6 Å². The highest BCUT2D eigenvalue weighted by molar-refractivity contribution is 7.08. The van der Waals surface area contributed by atoms with E-state index in [1.54, 1.807) is 11.3 Å². The van der Waals surface area contributed by atoms with Gasteiger partial charge in [-0.2, -0.15) is 16.4 Å². The lowest BCUT2D eigenvalue weighted by atomic mass is 10.2. The molecule has 4 nitrogen and oxygen atoms in total. The van der Waals surface area contributed by atoms with Crippen LogP contribution in [-0.2, 0) is 0 Å². The Labute approximate surface area is 72.3 Å². The Balaban J connectivity index is 2.57. The van der Waals surface area contributed by atoms with Gasteiger partial charge in [0.2, 0.25) is 0 Å². The predicted molar refractivity (Wildman–Crippen MR) is 47.3 cm³/mol. The Morgan fingerprint density at radius 2 is 2.33 bits per heavy atom. The van der Waals surface area contributed by atoms with Gasteiger partial charge >= 0.3 is 5.69 Å². The first kappa shape index (κ1) is 7.30. The van der Waals surface area contributed by atoms with E-state index in [1.165, 1.54) is 0 Å². The third-order valence-corrected chi connectivity index (χ3v) is 2.47. The number of hydrogen-bond donors (Lipinski definition) is 2. The van der Waals surface area contributed by atoms with Gasteiger partial charge in [0, 0.05) is 10.9 Å². The van der Waals surface area contributed by atoms with E-state index < -0.39 is 0 Å². The van der Waals surface area contributed by atoms with Gasteiger partial charge in [0.05, 0.1) is 0 Å². The molecule has 62 valence electrons. The summed E-state index contributed by atoms with van der Waals surface area (Å²) in [6.07, 6.45) is 0. The van der Waals surface area contributed by atoms with Crippen LogP contribution in [0.4, 0.5) is 0 Å². The van der Waals surface area contributed by atoms with Crippen LogP contribution in [0.2, 0.25) is 0 Å². The number of aromatic nitrogens is 3. The Morgan fingerprint density at radius 1 is 1.50 bits per heavy atom. The molecule has 0 spiro atoms. The standard InChI is InChI=1S/C7H7N3OS/c1-4-2-12-3-5(4)6-8-7(11)10-9-6/h2-3H,1H3,(H2,8,9,10,11). The van der Waals surface area contributed by atoms with Crippen LogP contribution in [0.3, 0.4) is 0 Å². The predicted octanol–water partition coefficient (Wildman–Crippen LogP) is 1.13. The quantitative estimate of drug-likeness (QED) is 0.692. The van der Waals surface area contributed by atoms with E-state index in [0.29, 0.717) is 5.82 Å². The zero-order valence-electron chi connectivity index (χ0n) is 6.42. The van der Waals surface area contributed by atoms with Crippen molar-refractivity contribution < 1.29 is 0 Å². The fraction of sp³-hybridized carbons (Fsp3) is 0.143. The second-order valence-electron chi connectivity index (χ2n) is 2.49.